The third kappa shape index (κ3) is 5.34. The SMILES string of the molecule is COc1cc(/C=C2\NC(=O)N(Cc3ccc(Cl)cc3)C2=O)cc(I)c1OCc1ccccc1F. The molecular weight excluding hydrogens is 574 g/mol. The Morgan fingerprint density at radius 2 is 1.85 bits per heavy atom. The van der Waals surface area contributed by atoms with E-state index in [1.165, 1.54) is 13.2 Å². The van der Waals surface area contributed by atoms with Crippen molar-refractivity contribution in [2.24, 2.45) is 0 Å². The standard InChI is InChI=1S/C25H19ClFIN2O4/c1-33-22-12-16(10-20(28)23(22)34-14-17-4-2-3-5-19(17)27)11-21-24(31)30(25(32)29-21)13-15-6-8-18(26)9-7-15/h2-12H,13-14H2,1H3,(H,29,32)/b21-11-. The van der Waals surface area contributed by atoms with E-state index in [2.05, 4.69) is 27.9 Å². The van der Waals surface area contributed by atoms with E-state index in [4.69, 9.17) is 21.1 Å². The van der Waals surface area contributed by atoms with Crippen molar-refractivity contribution in [3.05, 3.63) is 97.5 Å². The Balaban J connectivity index is 1.53. The number of halogens is 3. The molecule has 1 aliphatic rings. The van der Waals surface area contributed by atoms with Gasteiger partial charge in [-0.25, -0.2) is 9.18 Å². The molecule has 0 aliphatic carbocycles. The molecule has 0 radical (unpaired) electrons. The maximum Gasteiger partial charge on any atom is 0.329 e. The third-order valence-electron chi connectivity index (χ3n) is 5.11. The second kappa shape index (κ2) is 10.4. The normalized spacial score (nSPS) is 14.5. The van der Waals surface area contributed by atoms with Gasteiger partial charge in [0.2, 0.25) is 0 Å². The number of benzene rings is 3. The Morgan fingerprint density at radius 3 is 2.56 bits per heavy atom. The van der Waals surface area contributed by atoms with Crippen LogP contribution in [0.2, 0.25) is 5.02 Å². The molecule has 174 valence electrons. The van der Waals surface area contributed by atoms with Crippen molar-refractivity contribution in [1.29, 1.82) is 0 Å². The number of carbonyl (C=O) groups is 2. The van der Waals surface area contributed by atoms with Crippen molar-refractivity contribution in [3.8, 4) is 11.5 Å². The Kier molecular flexibility index (Phi) is 7.38. The minimum atomic E-state index is -0.502. The molecular formula is C25H19ClFIN2O4. The molecule has 0 spiro atoms. The second-order valence-corrected chi connectivity index (χ2v) is 9.02. The fourth-order valence-electron chi connectivity index (χ4n) is 3.38. The summed E-state index contributed by atoms with van der Waals surface area (Å²) < 4.78 is 25.9. The van der Waals surface area contributed by atoms with E-state index in [9.17, 15) is 14.0 Å². The summed E-state index contributed by atoms with van der Waals surface area (Å²) in [6, 6.07) is 16.3. The van der Waals surface area contributed by atoms with E-state index in [-0.39, 0.29) is 24.7 Å². The van der Waals surface area contributed by atoms with Gasteiger partial charge >= 0.3 is 6.03 Å². The average molecular weight is 593 g/mol. The molecule has 1 saturated heterocycles. The van der Waals surface area contributed by atoms with Crippen LogP contribution < -0.4 is 14.8 Å². The van der Waals surface area contributed by atoms with Gasteiger partial charge in [-0.2, -0.15) is 0 Å². The summed E-state index contributed by atoms with van der Waals surface area (Å²) in [5.74, 6) is 0.0924. The third-order valence-corrected chi connectivity index (χ3v) is 6.16. The fourth-order valence-corrected chi connectivity index (χ4v) is 4.29. The Labute approximate surface area is 214 Å². The first kappa shape index (κ1) is 24.0. The van der Waals surface area contributed by atoms with Gasteiger partial charge in [0.15, 0.2) is 11.5 Å². The number of ether oxygens (including phenoxy) is 2. The molecule has 1 heterocycles. The van der Waals surface area contributed by atoms with Crippen LogP contribution >= 0.6 is 34.2 Å². The van der Waals surface area contributed by atoms with Crippen molar-refractivity contribution in [3.63, 3.8) is 0 Å². The molecule has 0 bridgehead atoms. The van der Waals surface area contributed by atoms with Crippen LogP contribution in [0.1, 0.15) is 16.7 Å². The summed E-state index contributed by atoms with van der Waals surface area (Å²) in [5, 5.41) is 3.19. The second-order valence-electron chi connectivity index (χ2n) is 7.42. The van der Waals surface area contributed by atoms with Crippen LogP contribution in [-0.4, -0.2) is 23.9 Å². The van der Waals surface area contributed by atoms with Gasteiger partial charge in [0.25, 0.3) is 5.91 Å². The highest BCUT2D eigenvalue weighted by Crippen LogP contribution is 2.35. The van der Waals surface area contributed by atoms with Gasteiger partial charge in [-0.15, -0.1) is 0 Å². The van der Waals surface area contributed by atoms with Crippen LogP contribution in [0.15, 0.2) is 66.4 Å². The zero-order valence-corrected chi connectivity index (χ0v) is 20.9. The van der Waals surface area contributed by atoms with Crippen LogP contribution in [0.25, 0.3) is 6.08 Å². The highest BCUT2D eigenvalue weighted by atomic mass is 127. The van der Waals surface area contributed by atoms with Crippen molar-refractivity contribution in [2.45, 2.75) is 13.2 Å². The van der Waals surface area contributed by atoms with E-state index < -0.39 is 11.9 Å². The molecule has 1 fully saturated rings. The predicted molar refractivity (Wildman–Crippen MR) is 135 cm³/mol. The molecule has 3 aromatic carbocycles. The molecule has 9 heteroatoms. The Bertz CT molecular complexity index is 1280. The maximum atomic E-state index is 13.9. The summed E-state index contributed by atoms with van der Waals surface area (Å²) in [7, 11) is 1.49. The zero-order valence-electron chi connectivity index (χ0n) is 18.0. The number of urea groups is 1. The quantitative estimate of drug-likeness (QED) is 0.215. The van der Waals surface area contributed by atoms with Gasteiger partial charge in [-0.1, -0.05) is 41.9 Å². The van der Waals surface area contributed by atoms with Gasteiger partial charge in [-0.3, -0.25) is 9.69 Å². The van der Waals surface area contributed by atoms with Crippen LogP contribution in [-0.2, 0) is 17.9 Å². The predicted octanol–water partition coefficient (Wildman–Crippen LogP) is 5.76. The Morgan fingerprint density at radius 1 is 1.12 bits per heavy atom. The summed E-state index contributed by atoms with van der Waals surface area (Å²) in [5.41, 5.74) is 1.99. The van der Waals surface area contributed by atoms with E-state index >= 15 is 0 Å². The van der Waals surface area contributed by atoms with Gasteiger partial charge in [0.05, 0.1) is 17.2 Å². The topological polar surface area (TPSA) is 67.9 Å². The number of methoxy groups -OCH3 is 1. The summed E-state index contributed by atoms with van der Waals surface area (Å²) >= 11 is 7.98. The lowest BCUT2D eigenvalue weighted by Crippen LogP contribution is -2.30. The molecule has 0 saturated carbocycles. The number of nitrogens with one attached hydrogen (secondary N) is 1. The highest BCUT2D eigenvalue weighted by Gasteiger charge is 2.33. The average Bonchev–Trinajstić information content (AvgIpc) is 3.07. The number of rotatable bonds is 7. The van der Waals surface area contributed by atoms with Crippen LogP contribution in [0.5, 0.6) is 11.5 Å². The number of nitrogens with zero attached hydrogens (tertiary/aromatic N) is 1. The van der Waals surface area contributed by atoms with Gasteiger partial charge in [0.1, 0.15) is 18.1 Å². The van der Waals surface area contributed by atoms with Gasteiger partial charge < -0.3 is 14.8 Å². The molecule has 6 nitrogen and oxygen atoms in total. The lowest BCUT2D eigenvalue weighted by molar-refractivity contribution is -0.123. The van der Waals surface area contributed by atoms with Crippen molar-refractivity contribution in [2.75, 3.05) is 7.11 Å². The molecule has 0 aromatic heterocycles. The monoisotopic (exact) mass is 592 g/mol. The van der Waals surface area contributed by atoms with Crippen molar-refractivity contribution < 1.29 is 23.5 Å². The first-order chi connectivity index (χ1) is 16.4. The molecule has 4 rings (SSSR count). The fraction of sp³-hybridized carbons (Fsp3) is 0.120. The molecule has 1 N–H and O–H groups in total. The molecule has 3 aromatic rings. The summed E-state index contributed by atoms with van der Waals surface area (Å²) in [6.45, 7) is 0.163. The van der Waals surface area contributed by atoms with Gasteiger partial charge in [-0.05, 0) is 70.1 Å². The van der Waals surface area contributed by atoms with E-state index in [0.717, 1.165) is 10.5 Å². The molecule has 3 amide bonds. The first-order valence-corrected chi connectivity index (χ1v) is 11.6. The zero-order chi connectivity index (χ0) is 24.2. The number of carbonyl (C=O) groups excluding carboxylic acids is 2. The van der Waals surface area contributed by atoms with Crippen LogP contribution in [0.3, 0.4) is 0 Å². The number of amides is 3. The summed E-state index contributed by atoms with van der Waals surface area (Å²) in [4.78, 5) is 26.4. The molecule has 0 atom stereocenters. The van der Waals surface area contributed by atoms with Crippen LogP contribution in [0, 0.1) is 9.39 Å². The molecule has 0 unspecified atom stereocenters. The minimum Gasteiger partial charge on any atom is -0.493 e. The Hall–Kier alpha value is -3.11. The first-order valence-electron chi connectivity index (χ1n) is 10.2. The highest BCUT2D eigenvalue weighted by molar-refractivity contribution is 14.1. The van der Waals surface area contributed by atoms with Crippen molar-refractivity contribution >= 4 is 52.2 Å². The lowest BCUT2D eigenvalue weighted by atomic mass is 10.1. The maximum absolute atomic E-state index is 13.9. The molecule has 1 aliphatic heterocycles. The number of imide groups is 1. The van der Waals surface area contributed by atoms with E-state index in [0.29, 0.717) is 31.2 Å². The molecule has 34 heavy (non-hydrogen) atoms. The number of hydrogen-bond donors (Lipinski definition) is 1. The van der Waals surface area contributed by atoms with Gasteiger partial charge in [0, 0.05) is 10.6 Å². The van der Waals surface area contributed by atoms with E-state index in [1.54, 1.807) is 60.7 Å². The summed E-state index contributed by atoms with van der Waals surface area (Å²) in [6.07, 6.45) is 1.58. The van der Waals surface area contributed by atoms with Crippen molar-refractivity contribution in [1.82, 2.24) is 10.2 Å². The largest absolute Gasteiger partial charge is 0.493 e. The lowest BCUT2D eigenvalue weighted by Gasteiger charge is -2.14. The smallest absolute Gasteiger partial charge is 0.329 e. The minimum absolute atomic E-state index is 0.0354. The number of hydrogen-bond acceptors (Lipinski definition) is 4. The van der Waals surface area contributed by atoms with Crippen LogP contribution in [0.4, 0.5) is 9.18 Å². The van der Waals surface area contributed by atoms with E-state index in [1.807, 2.05) is 0 Å².